The lowest BCUT2D eigenvalue weighted by atomic mass is 9.96. The molecule has 1 saturated heterocycles. The monoisotopic (exact) mass is 280 g/mol. The lowest BCUT2D eigenvalue weighted by molar-refractivity contribution is 0.154. The van der Waals surface area contributed by atoms with Gasteiger partial charge in [-0.1, -0.05) is 20.8 Å². The van der Waals surface area contributed by atoms with Gasteiger partial charge in [0.05, 0.1) is 12.6 Å². The van der Waals surface area contributed by atoms with Crippen LogP contribution in [0.5, 0.6) is 0 Å². The van der Waals surface area contributed by atoms with Gasteiger partial charge in [-0.25, -0.2) is 4.79 Å². The van der Waals surface area contributed by atoms with E-state index in [2.05, 4.69) is 4.18 Å². The second kappa shape index (κ2) is 5.41. The number of amides is 1. The summed E-state index contributed by atoms with van der Waals surface area (Å²) in [5.41, 5.74) is 4.51. The Bertz CT molecular complexity index is 395. The van der Waals surface area contributed by atoms with Crippen LogP contribution in [0.15, 0.2) is 0 Å². The number of nitrogens with zero attached hydrogens (tertiary/aromatic N) is 1. The predicted octanol–water partition coefficient (Wildman–Crippen LogP) is 0.463. The van der Waals surface area contributed by atoms with Crippen molar-refractivity contribution in [2.45, 2.75) is 33.2 Å². The average molecular weight is 280 g/mol. The van der Waals surface area contributed by atoms with Gasteiger partial charge in [-0.2, -0.15) is 12.7 Å². The maximum absolute atomic E-state index is 12.0. The van der Waals surface area contributed by atoms with Gasteiger partial charge in [0.15, 0.2) is 0 Å². The summed E-state index contributed by atoms with van der Waals surface area (Å²) in [6.07, 6.45) is -0.745. The van der Waals surface area contributed by atoms with Crippen molar-refractivity contribution >= 4 is 16.4 Å². The van der Waals surface area contributed by atoms with E-state index in [0.717, 1.165) is 4.31 Å². The molecule has 8 heteroatoms. The highest BCUT2D eigenvalue weighted by molar-refractivity contribution is 7.84. The van der Waals surface area contributed by atoms with Crippen molar-refractivity contribution in [3.8, 4) is 0 Å². The Balaban J connectivity index is 2.92. The minimum atomic E-state index is -4.16. The molecule has 18 heavy (non-hydrogen) atoms. The minimum absolute atomic E-state index is 0.233. The molecule has 0 aromatic rings. The van der Waals surface area contributed by atoms with Crippen molar-refractivity contribution < 1.29 is 22.1 Å². The summed E-state index contributed by atoms with van der Waals surface area (Å²) in [5, 5.41) is 0. The number of ether oxygens (including phenoxy) is 1. The summed E-state index contributed by atoms with van der Waals surface area (Å²) in [5.74, 6) is 0. The molecular formula is C10H20N2O5S. The van der Waals surface area contributed by atoms with Gasteiger partial charge in [0.2, 0.25) is 0 Å². The molecule has 7 nitrogen and oxygen atoms in total. The first-order chi connectivity index (χ1) is 8.12. The Morgan fingerprint density at radius 2 is 2.11 bits per heavy atom. The smallest absolute Gasteiger partial charge is 0.380 e. The SMILES string of the molecule is CC(C)(C)CN(C1CCOC1)S(=O)(=O)OC(N)=O. The maximum Gasteiger partial charge on any atom is 0.421 e. The Morgan fingerprint density at radius 3 is 2.50 bits per heavy atom. The van der Waals surface area contributed by atoms with E-state index in [4.69, 9.17) is 10.5 Å². The molecule has 0 radical (unpaired) electrons. The van der Waals surface area contributed by atoms with Crippen molar-refractivity contribution in [1.82, 2.24) is 4.31 Å². The number of carbonyl (C=O) groups is 1. The summed E-state index contributed by atoms with van der Waals surface area (Å²) in [4.78, 5) is 10.7. The highest BCUT2D eigenvalue weighted by Crippen LogP contribution is 2.24. The maximum atomic E-state index is 12.0. The van der Waals surface area contributed by atoms with Crippen LogP contribution in [0.25, 0.3) is 0 Å². The van der Waals surface area contributed by atoms with Crippen molar-refractivity contribution in [3.63, 3.8) is 0 Å². The molecule has 0 bridgehead atoms. The van der Waals surface area contributed by atoms with Crippen LogP contribution in [-0.2, 0) is 19.2 Å². The predicted molar refractivity (Wildman–Crippen MR) is 65.0 cm³/mol. The Hall–Kier alpha value is -0.860. The van der Waals surface area contributed by atoms with Crippen LogP contribution < -0.4 is 5.73 Å². The molecule has 1 fully saturated rings. The van der Waals surface area contributed by atoms with Gasteiger partial charge in [-0.3, -0.25) is 0 Å². The molecule has 0 aliphatic carbocycles. The van der Waals surface area contributed by atoms with E-state index < -0.39 is 16.4 Å². The van der Waals surface area contributed by atoms with Gasteiger partial charge < -0.3 is 14.7 Å². The second-order valence-electron chi connectivity index (χ2n) is 5.48. The zero-order valence-corrected chi connectivity index (χ0v) is 11.7. The molecule has 0 aromatic heterocycles. The van der Waals surface area contributed by atoms with E-state index in [1.165, 1.54) is 0 Å². The Labute approximate surface area is 107 Å². The number of primary amides is 1. The minimum Gasteiger partial charge on any atom is -0.380 e. The van der Waals surface area contributed by atoms with E-state index >= 15 is 0 Å². The summed E-state index contributed by atoms with van der Waals surface area (Å²) >= 11 is 0. The topological polar surface area (TPSA) is 98.9 Å². The van der Waals surface area contributed by atoms with Crippen LogP contribution in [-0.4, -0.2) is 44.6 Å². The van der Waals surface area contributed by atoms with Crippen molar-refractivity contribution in [1.29, 1.82) is 0 Å². The molecular weight excluding hydrogens is 260 g/mol. The van der Waals surface area contributed by atoms with Crippen molar-refractivity contribution in [2.75, 3.05) is 19.8 Å². The van der Waals surface area contributed by atoms with Crippen LogP contribution in [0, 0.1) is 5.41 Å². The van der Waals surface area contributed by atoms with E-state index in [-0.39, 0.29) is 18.0 Å². The lowest BCUT2D eigenvalue weighted by Crippen LogP contribution is -2.46. The lowest BCUT2D eigenvalue weighted by Gasteiger charge is -2.31. The first-order valence-corrected chi connectivity index (χ1v) is 7.07. The van der Waals surface area contributed by atoms with Gasteiger partial charge in [0, 0.05) is 13.2 Å². The van der Waals surface area contributed by atoms with Gasteiger partial charge in [-0.05, 0) is 11.8 Å². The van der Waals surface area contributed by atoms with Gasteiger partial charge in [0.25, 0.3) is 0 Å². The first kappa shape index (κ1) is 15.2. The summed E-state index contributed by atoms with van der Waals surface area (Å²) < 4.78 is 34.5. The molecule has 2 N–H and O–H groups in total. The van der Waals surface area contributed by atoms with Crippen LogP contribution >= 0.6 is 0 Å². The molecule has 0 saturated carbocycles. The fourth-order valence-electron chi connectivity index (χ4n) is 1.76. The largest absolute Gasteiger partial charge is 0.421 e. The van der Waals surface area contributed by atoms with Gasteiger partial charge in [0.1, 0.15) is 0 Å². The number of hydrogen-bond donors (Lipinski definition) is 1. The van der Waals surface area contributed by atoms with E-state index in [0.29, 0.717) is 19.6 Å². The van der Waals surface area contributed by atoms with E-state index in [1.807, 2.05) is 20.8 Å². The molecule has 1 unspecified atom stereocenters. The second-order valence-corrected chi connectivity index (χ2v) is 6.97. The fourth-order valence-corrected chi connectivity index (χ4v) is 3.14. The summed E-state index contributed by atoms with van der Waals surface area (Å²) in [6, 6.07) is -0.312. The molecule has 1 heterocycles. The molecule has 1 aliphatic heterocycles. The molecule has 0 aromatic carbocycles. The third kappa shape index (κ3) is 4.43. The number of rotatable bonds is 4. The van der Waals surface area contributed by atoms with E-state index in [1.54, 1.807) is 0 Å². The van der Waals surface area contributed by atoms with Gasteiger partial charge in [-0.15, -0.1) is 0 Å². The quantitative estimate of drug-likeness (QED) is 0.806. The molecule has 1 aliphatic rings. The molecule has 1 amide bonds. The van der Waals surface area contributed by atoms with Crippen LogP contribution in [0.4, 0.5) is 4.79 Å². The molecule has 1 atom stereocenters. The molecule has 0 spiro atoms. The Morgan fingerprint density at radius 1 is 1.50 bits per heavy atom. The van der Waals surface area contributed by atoms with Crippen molar-refractivity contribution in [2.24, 2.45) is 11.1 Å². The molecule has 1 rings (SSSR count). The summed E-state index contributed by atoms with van der Waals surface area (Å²) in [7, 11) is -4.16. The van der Waals surface area contributed by atoms with Crippen LogP contribution in [0.1, 0.15) is 27.2 Å². The number of nitrogens with two attached hydrogens (primary N) is 1. The number of hydrogen-bond acceptors (Lipinski definition) is 5. The average Bonchev–Trinajstić information content (AvgIpc) is 2.62. The molecule has 106 valence electrons. The normalized spacial score (nSPS) is 21.2. The summed E-state index contributed by atoms with van der Waals surface area (Å²) in [6.45, 7) is 6.73. The van der Waals surface area contributed by atoms with E-state index in [9.17, 15) is 13.2 Å². The van der Waals surface area contributed by atoms with Crippen LogP contribution in [0.2, 0.25) is 0 Å². The third-order valence-electron chi connectivity index (χ3n) is 2.42. The number of carbonyl (C=O) groups excluding carboxylic acids is 1. The first-order valence-electron chi connectivity index (χ1n) is 5.70. The highest BCUT2D eigenvalue weighted by Gasteiger charge is 2.37. The Kier molecular flexibility index (Phi) is 4.57. The van der Waals surface area contributed by atoms with Crippen LogP contribution in [0.3, 0.4) is 0 Å². The zero-order valence-electron chi connectivity index (χ0n) is 10.9. The standard InChI is InChI=1S/C10H20N2O5S/c1-10(2,3)7-12(8-4-5-16-6-8)18(14,15)17-9(11)13/h8H,4-7H2,1-3H3,(H2,11,13). The highest BCUT2D eigenvalue weighted by atomic mass is 32.2. The fraction of sp³-hybridized carbons (Fsp3) is 0.900. The third-order valence-corrected chi connectivity index (χ3v) is 3.79. The van der Waals surface area contributed by atoms with Crippen molar-refractivity contribution in [3.05, 3.63) is 0 Å². The zero-order chi connectivity index (χ0) is 14.0. The van der Waals surface area contributed by atoms with Gasteiger partial charge >= 0.3 is 16.4 Å².